The van der Waals surface area contributed by atoms with Gasteiger partial charge in [-0.3, -0.25) is 0 Å². The topological polar surface area (TPSA) is 167 Å². The number of benzene rings is 7. The number of nitrogens with zero attached hydrogens (tertiary/aromatic N) is 4. The second-order valence-electron chi connectivity index (χ2n) is 26.8. The maximum Gasteiger partial charge on any atom is 0.173 e. The van der Waals surface area contributed by atoms with Crippen molar-refractivity contribution >= 4 is 0 Å². The molecule has 0 saturated carbocycles. The quantitative estimate of drug-likeness (QED) is 0.203. The number of aryl methyl sites for hydroxylation is 2. The van der Waals surface area contributed by atoms with Crippen molar-refractivity contribution in [2.75, 3.05) is 119 Å². The fourth-order valence-electron chi connectivity index (χ4n) is 13.2. The highest BCUT2D eigenvalue weighted by Gasteiger charge is 2.22. The van der Waals surface area contributed by atoms with E-state index in [1.54, 1.807) is 0 Å². The highest BCUT2D eigenvalue weighted by molar-refractivity contribution is 5.62. The number of phenolic OH excluding ortho intramolecular Hbond substituents is 2. The minimum absolute atomic E-state index is 0. The zero-order valence-electron chi connectivity index (χ0n) is 63.0. The molecule has 112 heavy (non-hydrogen) atoms. The molecule has 4 aromatic heterocycles. The molecule has 24 bridgehead atoms. The Labute approximate surface area is 681 Å². The van der Waals surface area contributed by atoms with Gasteiger partial charge in [0, 0.05) is 98.2 Å². The number of aromatic nitrogens is 4. The summed E-state index contributed by atoms with van der Waals surface area (Å²) >= 11 is 0. The number of fused-ring (bicyclic) bond motifs is 1. The van der Waals surface area contributed by atoms with Gasteiger partial charge < -0.3 is 117 Å². The first-order valence-corrected chi connectivity index (χ1v) is 37.7. The van der Waals surface area contributed by atoms with Crippen molar-refractivity contribution in [1.82, 2.24) is 0 Å². The summed E-state index contributed by atoms with van der Waals surface area (Å²) < 4.78 is 78.3. The van der Waals surface area contributed by atoms with Crippen LogP contribution in [0.25, 0.3) is 22.3 Å². The summed E-state index contributed by atoms with van der Waals surface area (Å²) in [6, 6.07) is 65.9. The Balaban J connectivity index is 0.000000293. The monoisotopic (exact) mass is 1600 g/mol. The Hall–Kier alpha value is -9.54. The van der Waals surface area contributed by atoms with E-state index in [0.29, 0.717) is 156 Å². The van der Waals surface area contributed by atoms with Gasteiger partial charge in [0.2, 0.25) is 0 Å². The predicted octanol–water partition coefficient (Wildman–Crippen LogP) is 0.638. The summed E-state index contributed by atoms with van der Waals surface area (Å²) in [6.45, 7) is 12.0. The standard InChI is InChI=1S/C62H56N4O4.C28H40O10.4ClH/c67-59-51-7-1-8-52(59)40-56-12-4-14-58-42-54-10-2-9-53(60(54)68)41-57-13-3-11-55(39-51)61(57)69-37-5-27-63-29-19-47(20-30-63)49-23-33-65(34-24-49)43-45-15-17-46(18-16-45)44-66-35-25-50(26-36-66)48-21-31-64(32-22-48)28-6-38-70-62(56)58;1-2-26-4-3-25(1)35-21-17-31-13-9-29-11-15-33-19-23-37-27-5-7-28(8-6-27)38-24-20-34-16-12-30-10-14-32-18-22-36-26;;;;/h1-4,7-26,29-36H,5-6,27-28,37-44H2;1-8H,9-24H2;4*1H/q+2;;;;;/p-2. The van der Waals surface area contributed by atoms with Crippen LogP contribution < -0.4 is 96.3 Å². The largest absolute Gasteiger partial charge is 1.00 e. The second-order valence-corrected chi connectivity index (χ2v) is 26.8. The van der Waals surface area contributed by atoms with E-state index >= 15 is 0 Å². The van der Waals surface area contributed by atoms with E-state index in [1.807, 2.05) is 84.9 Å². The van der Waals surface area contributed by atoms with Crippen LogP contribution in [-0.2, 0) is 80.3 Å². The van der Waals surface area contributed by atoms with Gasteiger partial charge in [0.25, 0.3) is 0 Å². The Kier molecular flexibility index (Phi) is 35.9. The number of phenols is 2. The molecule has 16 aliphatic heterocycles. The van der Waals surface area contributed by atoms with Crippen molar-refractivity contribution in [3.63, 3.8) is 0 Å². The van der Waals surface area contributed by atoms with Crippen LogP contribution in [0.4, 0.5) is 0 Å². The molecule has 0 amide bonds. The first-order chi connectivity index (χ1) is 53.3. The van der Waals surface area contributed by atoms with Gasteiger partial charge in [0.15, 0.2) is 75.8 Å². The molecule has 11 aromatic rings. The van der Waals surface area contributed by atoms with Crippen LogP contribution in [0.2, 0.25) is 0 Å². The molecular formula is C90H98Cl4N4O14. The molecule has 22 heteroatoms. The van der Waals surface area contributed by atoms with E-state index in [1.165, 1.54) is 33.4 Å². The first kappa shape index (κ1) is 86.4. The lowest BCUT2D eigenvalue weighted by molar-refractivity contribution is -0.697. The van der Waals surface area contributed by atoms with Crippen LogP contribution in [0.3, 0.4) is 0 Å². The molecule has 0 atom stereocenters. The summed E-state index contributed by atoms with van der Waals surface area (Å²) in [5, 5.41) is 23.9. The van der Waals surface area contributed by atoms with Crippen LogP contribution in [-0.4, -0.2) is 129 Å². The van der Waals surface area contributed by atoms with Crippen LogP contribution in [0.5, 0.6) is 46.0 Å². The highest BCUT2D eigenvalue weighted by Crippen LogP contribution is 2.39. The molecule has 0 radical (unpaired) electrons. The van der Waals surface area contributed by atoms with Crippen molar-refractivity contribution in [3.05, 3.63) is 299 Å². The number of ether oxygens (including phenoxy) is 12. The number of halogens is 4. The number of pyridine rings is 4. The van der Waals surface area contributed by atoms with Gasteiger partial charge in [-0.25, -0.2) is 18.3 Å². The van der Waals surface area contributed by atoms with Crippen molar-refractivity contribution in [3.8, 4) is 68.2 Å². The van der Waals surface area contributed by atoms with E-state index in [0.717, 1.165) is 118 Å². The normalized spacial score (nSPS) is 15.2. The molecule has 0 saturated heterocycles. The lowest BCUT2D eigenvalue weighted by Gasteiger charge is -2.20. The summed E-state index contributed by atoms with van der Waals surface area (Å²) in [7, 11) is 0. The molecule has 17 aliphatic rings. The van der Waals surface area contributed by atoms with E-state index in [2.05, 4.69) is 177 Å². The van der Waals surface area contributed by atoms with E-state index < -0.39 is 0 Å². The third-order valence-corrected chi connectivity index (χ3v) is 19.0. The highest BCUT2D eigenvalue weighted by atomic mass is 35.5. The maximum atomic E-state index is 12.0. The molecule has 2 N–H and O–H groups in total. The zero-order valence-corrected chi connectivity index (χ0v) is 66.0. The summed E-state index contributed by atoms with van der Waals surface area (Å²) in [6.07, 6.45) is 20.8. The molecular weight excluding hydrogens is 1500 g/mol. The Morgan fingerprint density at radius 1 is 0.223 bits per heavy atom. The smallest absolute Gasteiger partial charge is 0.173 e. The van der Waals surface area contributed by atoms with Gasteiger partial charge >= 0.3 is 0 Å². The van der Waals surface area contributed by atoms with Gasteiger partial charge in [-0.1, -0.05) is 97.1 Å². The predicted molar refractivity (Wildman–Crippen MR) is 410 cm³/mol. The third-order valence-electron chi connectivity index (χ3n) is 19.0. The minimum atomic E-state index is 0. The van der Waals surface area contributed by atoms with E-state index in [4.69, 9.17) is 56.8 Å². The van der Waals surface area contributed by atoms with Crippen molar-refractivity contribution in [1.29, 1.82) is 0 Å². The Bertz CT molecular complexity index is 4130. The molecule has 1 aliphatic carbocycles. The lowest BCUT2D eigenvalue weighted by Crippen LogP contribution is -3.00. The average molecular weight is 1600 g/mol. The van der Waals surface area contributed by atoms with Crippen molar-refractivity contribution in [2.24, 2.45) is 0 Å². The van der Waals surface area contributed by atoms with Crippen LogP contribution >= 0.6 is 0 Å². The molecule has 0 fully saturated rings. The molecule has 590 valence electrons. The fourth-order valence-corrected chi connectivity index (χ4v) is 13.2. The van der Waals surface area contributed by atoms with Gasteiger partial charge in [0.1, 0.15) is 72.4 Å². The van der Waals surface area contributed by atoms with Crippen LogP contribution in [0.1, 0.15) is 68.5 Å². The number of hydrogen-bond donors (Lipinski definition) is 2. The molecule has 20 heterocycles. The van der Waals surface area contributed by atoms with Crippen molar-refractivity contribution in [2.45, 2.75) is 64.7 Å². The summed E-state index contributed by atoms with van der Waals surface area (Å²) in [4.78, 5) is 0. The van der Waals surface area contributed by atoms with Crippen molar-refractivity contribution < 1.29 is 135 Å². The van der Waals surface area contributed by atoms with Crippen LogP contribution in [0, 0.1) is 0 Å². The molecule has 0 spiro atoms. The van der Waals surface area contributed by atoms with Gasteiger partial charge in [-0.05, 0) is 115 Å². The molecule has 18 nitrogen and oxygen atoms in total. The van der Waals surface area contributed by atoms with Gasteiger partial charge in [0.05, 0.1) is 92.5 Å². The fraction of sp³-hybridized carbons (Fsp3) is 0.311. The SMILES string of the molecule is Oc1c2cccc1Cc1cccc3c1OCCC[n+]1ccc(cc1)-c1cc[n+](cc1)Cc1ccc(cc1)C[n+]1ccc(cc1)-c1cc[n+](cc1)CCCOc1c(cccc1Cc1cccc(c1O)C3)C2.[Cl-].[Cl-].[Cl-].[Cl-].c1cc2ccc1OCCOCCOCCOCCOc1ccc(cc1)OCCOCCOCCOCCO2. The van der Waals surface area contributed by atoms with E-state index in [9.17, 15) is 10.2 Å². The van der Waals surface area contributed by atoms with Gasteiger partial charge in [-0.15, -0.1) is 0 Å². The minimum Gasteiger partial charge on any atom is -1.00 e. The zero-order chi connectivity index (χ0) is 73.6. The average Bonchev–Trinajstić information content (AvgIpc) is 0.792. The van der Waals surface area contributed by atoms with E-state index in [-0.39, 0.29) is 49.6 Å². The lowest BCUT2D eigenvalue weighted by atomic mass is 9.91. The summed E-state index contributed by atoms with van der Waals surface area (Å²) in [5.74, 6) is 5.24. The van der Waals surface area contributed by atoms with Gasteiger partial charge in [-0.2, -0.15) is 0 Å². The summed E-state index contributed by atoms with van der Waals surface area (Å²) in [5.41, 5.74) is 14.5. The third kappa shape index (κ3) is 26.3. The Morgan fingerprint density at radius 2 is 0.446 bits per heavy atom. The van der Waals surface area contributed by atoms with Crippen LogP contribution in [0.15, 0.2) is 244 Å². The second kappa shape index (κ2) is 46.5. The molecule has 28 rings (SSSR count). The Morgan fingerprint density at radius 3 is 0.696 bits per heavy atom. The first-order valence-electron chi connectivity index (χ1n) is 37.7. The maximum absolute atomic E-state index is 12.0. The number of hydrogen-bond acceptors (Lipinski definition) is 14. The number of para-hydroxylation sites is 4. The number of aromatic hydroxyl groups is 2. The molecule has 7 aromatic carbocycles. The molecule has 0 unspecified atom stereocenters. The number of rotatable bonds is 0.